The molecule has 0 bridgehead atoms. The Morgan fingerprint density at radius 2 is 2.29 bits per heavy atom. The molecule has 0 saturated carbocycles. The number of hydrogen-bond donors (Lipinski definition) is 4. The van der Waals surface area contributed by atoms with Crippen LogP contribution in [0.25, 0.3) is 10.4 Å². The Balaban J connectivity index is 2.58. The van der Waals surface area contributed by atoms with Gasteiger partial charge in [0.2, 0.25) is 5.72 Å². The lowest BCUT2D eigenvalue weighted by molar-refractivity contribution is -0.128. The molecule has 1 fully saturated rings. The van der Waals surface area contributed by atoms with Gasteiger partial charge in [0.05, 0.1) is 6.61 Å². The van der Waals surface area contributed by atoms with Crippen molar-refractivity contribution in [1.29, 1.82) is 0 Å². The Kier molecular flexibility index (Phi) is 3.61. The zero-order valence-electron chi connectivity index (χ0n) is 10.9. The van der Waals surface area contributed by atoms with E-state index in [1.807, 2.05) is 4.98 Å². The second-order valence-electron chi connectivity index (χ2n) is 4.81. The van der Waals surface area contributed by atoms with Crippen molar-refractivity contribution in [2.75, 3.05) is 6.61 Å². The molecule has 0 unspecified atom stereocenters. The highest BCUT2D eigenvalue weighted by atomic mass is 16.6. The molecule has 0 amide bonds. The Bertz CT molecular complexity index is 704. The zero-order valence-corrected chi connectivity index (χ0v) is 10.9. The van der Waals surface area contributed by atoms with E-state index >= 15 is 0 Å². The minimum absolute atomic E-state index is 0.655. The number of aliphatic hydroxyl groups is 3. The van der Waals surface area contributed by atoms with Crippen LogP contribution in [0.3, 0.4) is 0 Å². The molecule has 4 atom stereocenters. The Morgan fingerprint density at radius 3 is 2.81 bits per heavy atom. The van der Waals surface area contributed by atoms with Crippen LogP contribution in [0, 0.1) is 0 Å². The van der Waals surface area contributed by atoms with Gasteiger partial charge >= 0.3 is 5.69 Å². The largest absolute Gasteiger partial charge is 0.393 e. The highest BCUT2D eigenvalue weighted by Gasteiger charge is 2.61. The summed E-state index contributed by atoms with van der Waals surface area (Å²) in [6.07, 6.45) is -2.22. The molecule has 0 radical (unpaired) electrons. The summed E-state index contributed by atoms with van der Waals surface area (Å²) < 4.78 is 6.06. The monoisotopic (exact) mass is 299 g/mol. The summed E-state index contributed by atoms with van der Waals surface area (Å²) in [6, 6.07) is 1.01. The highest BCUT2D eigenvalue weighted by Crippen LogP contribution is 2.44. The quantitative estimate of drug-likeness (QED) is 0.290. The first-order valence-electron chi connectivity index (χ1n) is 5.85. The van der Waals surface area contributed by atoms with E-state index in [0.717, 1.165) is 23.8 Å². The topological polar surface area (TPSA) is 174 Å². The number of aromatic amines is 1. The Morgan fingerprint density at radius 1 is 1.62 bits per heavy atom. The number of ether oxygens (including phenoxy) is 1. The molecule has 0 aliphatic carbocycles. The molecule has 2 rings (SSSR count). The second-order valence-corrected chi connectivity index (χ2v) is 4.81. The highest BCUT2D eigenvalue weighted by molar-refractivity contribution is 5.07. The number of aromatic nitrogens is 2. The van der Waals surface area contributed by atoms with Gasteiger partial charge in [-0.2, -0.15) is 0 Å². The summed E-state index contributed by atoms with van der Waals surface area (Å²) in [6.45, 7) is 0.229. The number of rotatable bonds is 3. The fraction of sp³-hybridized carbons (Fsp3) is 0.600. The van der Waals surface area contributed by atoms with Crippen LogP contribution >= 0.6 is 0 Å². The van der Waals surface area contributed by atoms with Gasteiger partial charge in [-0.25, -0.2) is 4.79 Å². The lowest BCUT2D eigenvalue weighted by atomic mass is 9.93. The molecule has 1 aromatic heterocycles. The lowest BCUT2D eigenvalue weighted by Gasteiger charge is -2.28. The standard InChI is InChI=1S/C10H13N5O6/c1-9(20)6(18)10(4-16,13-14-11)21-7(9)15-3-2-5(17)12-8(15)19/h2-3,6-7,16,18,20H,4H2,1H3,(H,12,17,19)/t6-,7+,9+,10+/m0/s1. The second kappa shape index (κ2) is 4.98. The summed E-state index contributed by atoms with van der Waals surface area (Å²) >= 11 is 0. The van der Waals surface area contributed by atoms with Crippen molar-refractivity contribution < 1.29 is 20.1 Å². The van der Waals surface area contributed by atoms with Gasteiger partial charge in [0.25, 0.3) is 5.56 Å². The van der Waals surface area contributed by atoms with Crippen LogP contribution < -0.4 is 11.2 Å². The van der Waals surface area contributed by atoms with E-state index in [2.05, 4.69) is 10.0 Å². The maximum Gasteiger partial charge on any atom is 0.330 e. The van der Waals surface area contributed by atoms with Gasteiger partial charge in [-0.05, 0) is 12.5 Å². The van der Waals surface area contributed by atoms with Gasteiger partial charge < -0.3 is 20.1 Å². The van der Waals surface area contributed by atoms with Crippen molar-refractivity contribution >= 4 is 0 Å². The molecule has 1 aliphatic heterocycles. The number of aliphatic hydroxyl groups excluding tert-OH is 2. The summed E-state index contributed by atoms with van der Waals surface area (Å²) in [5, 5.41) is 32.9. The maximum absolute atomic E-state index is 11.7. The van der Waals surface area contributed by atoms with Crippen LogP contribution in [0.1, 0.15) is 13.2 Å². The van der Waals surface area contributed by atoms with E-state index in [9.17, 15) is 24.9 Å². The molecular weight excluding hydrogens is 286 g/mol. The molecule has 0 aromatic carbocycles. The minimum atomic E-state index is -2.14. The van der Waals surface area contributed by atoms with E-state index < -0.39 is 41.5 Å². The molecule has 1 saturated heterocycles. The smallest absolute Gasteiger partial charge is 0.330 e. The Hall–Kier alpha value is -2.17. The van der Waals surface area contributed by atoms with E-state index in [4.69, 9.17) is 10.3 Å². The Labute approximate surface area is 116 Å². The van der Waals surface area contributed by atoms with Gasteiger partial charge in [-0.1, -0.05) is 5.11 Å². The third kappa shape index (κ3) is 2.22. The third-order valence-corrected chi connectivity index (χ3v) is 3.34. The van der Waals surface area contributed by atoms with Crippen LogP contribution in [-0.2, 0) is 4.74 Å². The normalized spacial score (nSPS) is 35.4. The van der Waals surface area contributed by atoms with Gasteiger partial charge in [0, 0.05) is 17.2 Å². The van der Waals surface area contributed by atoms with Crippen molar-refractivity contribution in [2.24, 2.45) is 5.11 Å². The fourth-order valence-corrected chi connectivity index (χ4v) is 2.23. The third-order valence-electron chi connectivity index (χ3n) is 3.34. The molecule has 11 heteroatoms. The fourth-order valence-electron chi connectivity index (χ4n) is 2.23. The van der Waals surface area contributed by atoms with Crippen molar-refractivity contribution in [2.45, 2.75) is 30.6 Å². The molecule has 0 spiro atoms. The van der Waals surface area contributed by atoms with Gasteiger partial charge in [0.1, 0.15) is 11.7 Å². The molecule has 1 aliphatic rings. The van der Waals surface area contributed by atoms with E-state index in [0.29, 0.717) is 0 Å². The van der Waals surface area contributed by atoms with E-state index in [1.165, 1.54) is 0 Å². The number of hydrogen-bond acceptors (Lipinski definition) is 7. The van der Waals surface area contributed by atoms with Gasteiger partial charge in [-0.3, -0.25) is 14.3 Å². The predicted octanol–water partition coefficient (Wildman–Crippen LogP) is -1.82. The van der Waals surface area contributed by atoms with Gasteiger partial charge in [-0.15, -0.1) is 0 Å². The predicted molar refractivity (Wildman–Crippen MR) is 67.0 cm³/mol. The molecule has 114 valence electrons. The average Bonchev–Trinajstić information content (AvgIpc) is 2.61. The summed E-state index contributed by atoms with van der Waals surface area (Å²) in [5.74, 6) is 0. The van der Waals surface area contributed by atoms with Crippen molar-refractivity contribution in [3.05, 3.63) is 43.5 Å². The molecule has 1 aromatic rings. The van der Waals surface area contributed by atoms with E-state index in [1.54, 1.807) is 0 Å². The number of H-pyrrole nitrogens is 1. The summed E-state index contributed by atoms with van der Waals surface area (Å²) in [5.41, 5.74) is 2.77. The average molecular weight is 299 g/mol. The molecule has 21 heavy (non-hydrogen) atoms. The van der Waals surface area contributed by atoms with Crippen LogP contribution in [0.2, 0.25) is 0 Å². The SMILES string of the molecule is C[C@]1(O)[C@H](n2ccc(=O)[nH]c2=O)O[C@@](CO)(N=[N+]=[N-])[C@H]1O. The van der Waals surface area contributed by atoms with Crippen molar-refractivity contribution in [3.63, 3.8) is 0 Å². The van der Waals surface area contributed by atoms with Crippen LogP contribution in [0.4, 0.5) is 0 Å². The molecule has 2 heterocycles. The lowest BCUT2D eigenvalue weighted by Crippen LogP contribution is -2.50. The first-order chi connectivity index (χ1) is 9.78. The van der Waals surface area contributed by atoms with Crippen LogP contribution in [-0.4, -0.2) is 48.9 Å². The van der Waals surface area contributed by atoms with Gasteiger partial charge in [0.15, 0.2) is 6.23 Å². The summed E-state index contributed by atoms with van der Waals surface area (Å²) in [4.78, 5) is 27.2. The van der Waals surface area contributed by atoms with Crippen molar-refractivity contribution in [3.8, 4) is 0 Å². The molecular formula is C10H13N5O6. The molecule has 11 nitrogen and oxygen atoms in total. The van der Waals surface area contributed by atoms with Crippen LogP contribution in [0.5, 0.6) is 0 Å². The number of nitrogens with zero attached hydrogens (tertiary/aromatic N) is 4. The molecule has 4 N–H and O–H groups in total. The van der Waals surface area contributed by atoms with Crippen LogP contribution in [0.15, 0.2) is 27.0 Å². The van der Waals surface area contributed by atoms with Crippen molar-refractivity contribution in [1.82, 2.24) is 9.55 Å². The minimum Gasteiger partial charge on any atom is -0.393 e. The summed E-state index contributed by atoms with van der Waals surface area (Å²) in [7, 11) is 0. The number of nitrogens with one attached hydrogen (secondary N) is 1. The number of azide groups is 1. The maximum atomic E-state index is 11.7. The first-order valence-corrected chi connectivity index (χ1v) is 5.85. The van der Waals surface area contributed by atoms with E-state index in [-0.39, 0.29) is 0 Å². The first kappa shape index (κ1) is 15.2. The zero-order chi connectivity index (χ0) is 15.8.